The van der Waals surface area contributed by atoms with Crippen LogP contribution in [0.2, 0.25) is 0 Å². The minimum Gasteiger partial charge on any atom is -0.325 e. The van der Waals surface area contributed by atoms with Crippen LogP contribution in [0.25, 0.3) is 27.6 Å². The highest BCUT2D eigenvalue weighted by Gasteiger charge is 2.30. The van der Waals surface area contributed by atoms with Gasteiger partial charge in [-0.2, -0.15) is 0 Å². The van der Waals surface area contributed by atoms with Gasteiger partial charge in [0.25, 0.3) is 5.56 Å². The first kappa shape index (κ1) is 15.1. The molecule has 1 aliphatic carbocycles. The third-order valence-electron chi connectivity index (χ3n) is 5.11. The largest absolute Gasteiger partial charge is 0.337 e. The normalized spacial score (nSPS) is 14.3. The summed E-state index contributed by atoms with van der Waals surface area (Å²) in [5, 5.41) is 2.01. The van der Waals surface area contributed by atoms with Crippen LogP contribution in [0.15, 0.2) is 58.4 Å². The number of fused-ring (bicyclic) bond motifs is 2. The summed E-state index contributed by atoms with van der Waals surface area (Å²) in [6.45, 7) is 2.60. The van der Waals surface area contributed by atoms with Crippen molar-refractivity contribution in [2.75, 3.05) is 0 Å². The predicted octanol–water partition coefficient (Wildman–Crippen LogP) is 2.86. The summed E-state index contributed by atoms with van der Waals surface area (Å²) in [5.41, 5.74) is 1.14. The maximum absolute atomic E-state index is 13.3. The Labute approximate surface area is 148 Å². The minimum absolute atomic E-state index is 0.000771. The van der Waals surface area contributed by atoms with E-state index < -0.39 is 0 Å². The van der Waals surface area contributed by atoms with Crippen LogP contribution >= 0.6 is 0 Å². The fourth-order valence-corrected chi connectivity index (χ4v) is 3.67. The van der Waals surface area contributed by atoms with Crippen LogP contribution in [0, 0.1) is 0 Å². The first-order valence-electron chi connectivity index (χ1n) is 8.91. The summed E-state index contributed by atoms with van der Waals surface area (Å²) in [6.07, 6.45) is 3.39. The van der Waals surface area contributed by atoms with Crippen molar-refractivity contribution < 1.29 is 0 Å². The molecule has 130 valence electrons. The van der Waals surface area contributed by atoms with Crippen molar-refractivity contribution in [2.24, 2.45) is 0 Å². The Balaban J connectivity index is 1.98. The van der Waals surface area contributed by atoms with E-state index in [1.54, 1.807) is 10.9 Å². The fourth-order valence-electron chi connectivity index (χ4n) is 3.67. The van der Waals surface area contributed by atoms with Gasteiger partial charge in [0.1, 0.15) is 0 Å². The Bertz CT molecular complexity index is 1270. The molecule has 0 saturated heterocycles. The Morgan fingerprint density at radius 3 is 2.62 bits per heavy atom. The number of aromatic nitrogens is 4. The van der Waals surface area contributed by atoms with Gasteiger partial charge < -0.3 is 4.57 Å². The van der Waals surface area contributed by atoms with Gasteiger partial charge in [0.05, 0.1) is 12.0 Å². The van der Waals surface area contributed by atoms with E-state index >= 15 is 0 Å². The number of nitrogens with zero attached hydrogens (tertiary/aromatic N) is 4. The molecule has 0 radical (unpaired) electrons. The molecule has 2 aromatic carbocycles. The zero-order valence-corrected chi connectivity index (χ0v) is 14.4. The summed E-state index contributed by atoms with van der Waals surface area (Å²) in [5.74, 6) is 0. The van der Waals surface area contributed by atoms with Gasteiger partial charge in [-0.25, -0.2) is 14.3 Å². The highest BCUT2D eigenvalue weighted by Crippen LogP contribution is 2.33. The van der Waals surface area contributed by atoms with Crippen LogP contribution in [0.5, 0.6) is 0 Å². The summed E-state index contributed by atoms with van der Waals surface area (Å²) < 4.78 is 4.83. The highest BCUT2D eigenvalue weighted by atomic mass is 16.2. The van der Waals surface area contributed by atoms with Crippen molar-refractivity contribution in [1.82, 2.24) is 18.7 Å². The number of rotatable bonds is 3. The van der Waals surface area contributed by atoms with Crippen LogP contribution < -0.4 is 11.2 Å². The van der Waals surface area contributed by atoms with Crippen molar-refractivity contribution >= 4 is 21.9 Å². The molecule has 4 aromatic rings. The molecule has 1 saturated carbocycles. The Morgan fingerprint density at radius 1 is 1.08 bits per heavy atom. The van der Waals surface area contributed by atoms with E-state index in [1.165, 1.54) is 4.57 Å². The maximum atomic E-state index is 13.3. The minimum atomic E-state index is -0.303. The fraction of sp³-hybridized carbons (Fsp3) is 0.250. The molecule has 6 nitrogen and oxygen atoms in total. The lowest BCUT2D eigenvalue weighted by molar-refractivity contribution is 0.639. The summed E-state index contributed by atoms with van der Waals surface area (Å²) in [7, 11) is 0. The second-order valence-electron chi connectivity index (χ2n) is 6.73. The van der Waals surface area contributed by atoms with Gasteiger partial charge in [0.15, 0.2) is 11.2 Å². The molecule has 0 atom stereocenters. The average molecular weight is 346 g/mol. The van der Waals surface area contributed by atoms with Crippen LogP contribution in [0.4, 0.5) is 0 Å². The summed E-state index contributed by atoms with van der Waals surface area (Å²) in [6, 6.07) is 13.8. The van der Waals surface area contributed by atoms with E-state index in [0.717, 1.165) is 29.3 Å². The number of imidazole rings is 1. The molecule has 1 fully saturated rings. The lowest BCUT2D eigenvalue weighted by atomic mass is 10.1. The van der Waals surface area contributed by atoms with E-state index in [1.807, 2.05) is 54.0 Å². The maximum Gasteiger partial charge on any atom is 0.337 e. The molecule has 0 unspecified atom stereocenters. The lowest BCUT2D eigenvalue weighted by Gasteiger charge is -2.13. The van der Waals surface area contributed by atoms with E-state index in [0.29, 0.717) is 17.7 Å². The quantitative estimate of drug-likeness (QED) is 0.573. The third kappa shape index (κ3) is 2.02. The van der Waals surface area contributed by atoms with Crippen molar-refractivity contribution in [3.63, 3.8) is 0 Å². The molecule has 0 amide bonds. The Hall–Kier alpha value is -3.15. The molecule has 2 aromatic heterocycles. The van der Waals surface area contributed by atoms with Crippen LogP contribution in [-0.4, -0.2) is 18.7 Å². The van der Waals surface area contributed by atoms with Gasteiger partial charge >= 0.3 is 5.69 Å². The third-order valence-corrected chi connectivity index (χ3v) is 5.11. The molecular formula is C20H18N4O2. The van der Waals surface area contributed by atoms with Gasteiger partial charge in [0, 0.05) is 18.0 Å². The number of aryl methyl sites for hydroxylation is 1. The molecular weight excluding hydrogens is 328 g/mol. The van der Waals surface area contributed by atoms with Crippen molar-refractivity contribution in [3.8, 4) is 5.69 Å². The molecule has 0 spiro atoms. The lowest BCUT2D eigenvalue weighted by Crippen LogP contribution is -2.39. The molecule has 6 heteroatoms. The number of hydrogen-bond acceptors (Lipinski definition) is 3. The molecule has 1 aliphatic rings. The molecule has 5 rings (SSSR count). The van der Waals surface area contributed by atoms with Crippen LogP contribution in [-0.2, 0) is 6.54 Å². The zero-order chi connectivity index (χ0) is 17.8. The van der Waals surface area contributed by atoms with Gasteiger partial charge in [-0.05, 0) is 31.2 Å². The SMILES string of the molecule is CCn1cnc2c1c(=O)n(C1CC1)c(=O)n2-c1cccc2ccccc12. The van der Waals surface area contributed by atoms with Gasteiger partial charge in [0.2, 0.25) is 0 Å². The van der Waals surface area contributed by atoms with E-state index in [-0.39, 0.29) is 17.3 Å². The molecule has 0 bridgehead atoms. The molecule has 0 N–H and O–H groups in total. The number of benzene rings is 2. The highest BCUT2D eigenvalue weighted by molar-refractivity contribution is 5.91. The Kier molecular flexibility index (Phi) is 3.16. The van der Waals surface area contributed by atoms with E-state index in [2.05, 4.69) is 4.98 Å². The average Bonchev–Trinajstić information content (AvgIpc) is 3.40. The van der Waals surface area contributed by atoms with Crippen LogP contribution in [0.3, 0.4) is 0 Å². The molecule has 26 heavy (non-hydrogen) atoms. The zero-order valence-electron chi connectivity index (χ0n) is 14.4. The standard InChI is InChI=1S/C20H18N4O2/c1-2-22-12-21-18-17(22)19(25)23(14-10-11-14)20(26)24(18)16-9-5-7-13-6-3-4-8-15(13)16/h3-9,12,14H,2,10-11H2,1H3. The van der Waals surface area contributed by atoms with Crippen LogP contribution in [0.1, 0.15) is 25.8 Å². The topological polar surface area (TPSA) is 61.8 Å². The van der Waals surface area contributed by atoms with E-state index in [4.69, 9.17) is 0 Å². The molecule has 0 aliphatic heterocycles. The number of hydrogen-bond donors (Lipinski definition) is 0. The second-order valence-corrected chi connectivity index (χ2v) is 6.73. The first-order valence-corrected chi connectivity index (χ1v) is 8.91. The van der Waals surface area contributed by atoms with Gasteiger partial charge in [-0.1, -0.05) is 36.4 Å². The summed E-state index contributed by atoms with van der Waals surface area (Å²) in [4.78, 5) is 30.7. The predicted molar refractivity (Wildman–Crippen MR) is 101 cm³/mol. The summed E-state index contributed by atoms with van der Waals surface area (Å²) >= 11 is 0. The second kappa shape index (κ2) is 5.42. The van der Waals surface area contributed by atoms with Gasteiger partial charge in [-0.15, -0.1) is 0 Å². The van der Waals surface area contributed by atoms with Crippen molar-refractivity contribution in [2.45, 2.75) is 32.4 Å². The van der Waals surface area contributed by atoms with E-state index in [9.17, 15) is 9.59 Å². The van der Waals surface area contributed by atoms with Gasteiger partial charge in [-0.3, -0.25) is 9.36 Å². The first-order chi connectivity index (χ1) is 12.7. The monoisotopic (exact) mass is 346 g/mol. The van der Waals surface area contributed by atoms with Crippen molar-refractivity contribution in [1.29, 1.82) is 0 Å². The Morgan fingerprint density at radius 2 is 1.85 bits per heavy atom. The smallest absolute Gasteiger partial charge is 0.325 e. The van der Waals surface area contributed by atoms with Crippen molar-refractivity contribution in [3.05, 3.63) is 69.6 Å². The molecule has 2 heterocycles.